The van der Waals surface area contributed by atoms with Gasteiger partial charge in [0, 0.05) is 18.3 Å². The van der Waals surface area contributed by atoms with Crippen molar-refractivity contribution in [1.29, 1.82) is 0 Å². The quantitative estimate of drug-likeness (QED) is 0.174. The van der Waals surface area contributed by atoms with Crippen LogP contribution in [0.3, 0.4) is 0 Å². The van der Waals surface area contributed by atoms with Crippen molar-refractivity contribution in [2.45, 2.75) is 90.6 Å². The van der Waals surface area contributed by atoms with Crippen molar-refractivity contribution in [1.82, 2.24) is 14.7 Å². The van der Waals surface area contributed by atoms with E-state index >= 15 is 0 Å². The summed E-state index contributed by atoms with van der Waals surface area (Å²) in [5.41, 5.74) is 4.40. The fourth-order valence-electron chi connectivity index (χ4n) is 4.35. The molecule has 0 saturated carbocycles. The van der Waals surface area contributed by atoms with Crippen LogP contribution in [0.5, 0.6) is 11.5 Å². The fraction of sp³-hybridized carbons (Fsp3) is 0.429. The number of nitrogens with one attached hydrogen (secondary N) is 1. The Labute approximate surface area is 270 Å². The third kappa shape index (κ3) is 7.76. The van der Waals surface area contributed by atoms with Crippen LogP contribution in [-0.2, 0) is 17.6 Å². The largest absolute Gasteiger partial charge is 0.541 e. The number of hydrogen-bond donors (Lipinski definition) is 1. The number of imidazole rings is 1. The highest BCUT2D eigenvalue weighted by Gasteiger charge is 2.42. The lowest BCUT2D eigenvalue weighted by Crippen LogP contribution is -2.45. The van der Waals surface area contributed by atoms with Crippen molar-refractivity contribution < 1.29 is 13.6 Å². The molecular formula is C35H48ClN3O3Si2. The Kier molecular flexibility index (Phi) is 9.78. The number of halogens is 1. The predicted molar refractivity (Wildman–Crippen MR) is 188 cm³/mol. The number of carbonyl (C=O) groups excluding carboxylic acids is 1. The molecule has 0 atom stereocenters. The molecule has 236 valence electrons. The van der Waals surface area contributed by atoms with Gasteiger partial charge in [0.2, 0.25) is 5.91 Å². The van der Waals surface area contributed by atoms with Crippen molar-refractivity contribution >= 4 is 39.8 Å². The molecule has 0 bridgehead atoms. The molecule has 0 spiro atoms. The van der Waals surface area contributed by atoms with Crippen molar-refractivity contribution in [2.24, 2.45) is 0 Å². The molecule has 6 nitrogen and oxygen atoms in total. The normalized spacial score (nSPS) is 12.8. The van der Waals surface area contributed by atoms with Gasteiger partial charge >= 0.3 is 0 Å². The van der Waals surface area contributed by atoms with E-state index < -0.39 is 16.6 Å². The summed E-state index contributed by atoms with van der Waals surface area (Å²) in [6.45, 7) is 23.0. The standard InChI is InChI=1S/C35H48ClN3O3Si2/c1-34(2,3)43(7,8)41-29-18-16-25(22-30(29)42-44(9,10)35(4,5)6)20-21-37-32(40)23-28-33(26-14-12-11-13-15-26)38-31-19-17-27(36)24-39(28)31/h11-19,22,24H,20-21,23H2,1-10H3,(H,37,40). The average molecular weight is 650 g/mol. The van der Waals surface area contributed by atoms with Crippen LogP contribution in [-0.4, -0.2) is 38.5 Å². The summed E-state index contributed by atoms with van der Waals surface area (Å²) in [4.78, 5) is 18.1. The molecule has 2 aromatic carbocycles. The molecule has 0 unspecified atom stereocenters. The smallest absolute Gasteiger partial charge is 0.250 e. The first kappa shape index (κ1) is 33.8. The molecule has 0 aliphatic rings. The summed E-state index contributed by atoms with van der Waals surface area (Å²) < 4.78 is 15.5. The van der Waals surface area contributed by atoms with Gasteiger partial charge in [-0.25, -0.2) is 4.98 Å². The Morgan fingerprint density at radius 2 is 1.48 bits per heavy atom. The maximum Gasteiger partial charge on any atom is 0.250 e. The first-order chi connectivity index (χ1) is 20.4. The molecule has 1 amide bonds. The number of fused-ring (bicyclic) bond motifs is 1. The van der Waals surface area contributed by atoms with Crippen molar-refractivity contribution in [2.75, 3.05) is 6.54 Å². The summed E-state index contributed by atoms with van der Waals surface area (Å²) in [5.74, 6) is 1.55. The van der Waals surface area contributed by atoms with E-state index in [2.05, 4.69) is 91.2 Å². The topological polar surface area (TPSA) is 64.9 Å². The van der Waals surface area contributed by atoms with E-state index in [9.17, 15) is 4.79 Å². The van der Waals surface area contributed by atoms with Crippen molar-refractivity contribution in [3.63, 3.8) is 0 Å². The van der Waals surface area contributed by atoms with Gasteiger partial charge in [-0.1, -0.05) is 89.5 Å². The zero-order chi connectivity index (χ0) is 32.5. The molecule has 1 N–H and O–H groups in total. The lowest BCUT2D eigenvalue weighted by Gasteiger charge is -2.39. The predicted octanol–water partition coefficient (Wildman–Crippen LogP) is 9.32. The molecule has 0 saturated heterocycles. The molecule has 44 heavy (non-hydrogen) atoms. The molecule has 4 aromatic rings. The van der Waals surface area contributed by atoms with Gasteiger partial charge in [-0.2, -0.15) is 0 Å². The average Bonchev–Trinajstić information content (AvgIpc) is 3.26. The minimum absolute atomic E-state index is 0.0475. The number of hydrogen-bond acceptors (Lipinski definition) is 4. The summed E-state index contributed by atoms with van der Waals surface area (Å²) in [7, 11) is -4.20. The van der Waals surface area contributed by atoms with E-state index in [1.54, 1.807) is 0 Å². The Hall–Kier alpha value is -3.08. The van der Waals surface area contributed by atoms with Gasteiger partial charge in [-0.05, 0) is 72.5 Å². The molecular weight excluding hydrogens is 602 g/mol. The second-order valence-corrected chi connectivity index (χ2v) is 24.5. The lowest BCUT2D eigenvalue weighted by atomic mass is 10.1. The molecule has 2 aromatic heterocycles. The fourth-order valence-corrected chi connectivity index (χ4v) is 6.55. The zero-order valence-corrected chi connectivity index (χ0v) is 30.7. The van der Waals surface area contributed by atoms with Crippen LogP contribution >= 0.6 is 11.6 Å². The van der Waals surface area contributed by atoms with Crippen molar-refractivity contribution in [3.8, 4) is 22.8 Å². The third-order valence-corrected chi connectivity index (χ3v) is 18.1. The number of benzene rings is 2. The van der Waals surface area contributed by atoms with Gasteiger partial charge in [0.25, 0.3) is 16.6 Å². The Bertz CT molecular complexity index is 1620. The first-order valence-corrected chi connectivity index (χ1v) is 21.6. The third-order valence-electron chi connectivity index (χ3n) is 9.14. The van der Waals surface area contributed by atoms with E-state index in [-0.39, 0.29) is 22.4 Å². The SMILES string of the molecule is CC(C)(C)[Si](C)(C)Oc1ccc(CCNC(=O)Cc2c(-c3ccccc3)nc3ccc(Cl)cn23)cc1O[Si](C)(C)C(C)(C)C. The summed E-state index contributed by atoms with van der Waals surface area (Å²) >= 11 is 6.32. The highest BCUT2D eigenvalue weighted by molar-refractivity contribution is 6.75. The second-order valence-electron chi connectivity index (χ2n) is 14.6. The van der Waals surface area contributed by atoms with Gasteiger partial charge in [0.1, 0.15) is 17.1 Å². The highest BCUT2D eigenvalue weighted by Crippen LogP contribution is 2.43. The molecule has 9 heteroatoms. The van der Waals surface area contributed by atoms with E-state index in [1.807, 2.05) is 53.1 Å². The number of nitrogens with zero attached hydrogens (tertiary/aromatic N) is 2. The van der Waals surface area contributed by atoms with Crippen LogP contribution in [0.2, 0.25) is 41.3 Å². The van der Waals surface area contributed by atoms with Gasteiger partial charge in [-0.3, -0.25) is 4.79 Å². The van der Waals surface area contributed by atoms with Gasteiger partial charge in [0.15, 0.2) is 0 Å². The van der Waals surface area contributed by atoms with Gasteiger partial charge < -0.3 is 18.6 Å². The van der Waals surface area contributed by atoms with E-state index in [0.717, 1.165) is 39.7 Å². The maximum atomic E-state index is 13.3. The molecule has 0 radical (unpaired) electrons. The zero-order valence-electron chi connectivity index (χ0n) is 28.0. The first-order valence-electron chi connectivity index (χ1n) is 15.4. The summed E-state index contributed by atoms with van der Waals surface area (Å²) in [6.07, 6.45) is 2.67. The van der Waals surface area contributed by atoms with Crippen LogP contribution in [0, 0.1) is 0 Å². The Morgan fingerprint density at radius 3 is 2.09 bits per heavy atom. The van der Waals surface area contributed by atoms with Crippen LogP contribution < -0.4 is 14.2 Å². The number of amides is 1. The molecule has 0 aliphatic heterocycles. The number of rotatable bonds is 10. The van der Waals surface area contributed by atoms with E-state index in [1.165, 1.54) is 0 Å². The van der Waals surface area contributed by atoms with Gasteiger partial charge in [-0.15, -0.1) is 0 Å². The van der Waals surface area contributed by atoms with E-state index in [0.29, 0.717) is 18.0 Å². The van der Waals surface area contributed by atoms with Gasteiger partial charge in [0.05, 0.1) is 22.8 Å². The molecule has 4 rings (SSSR count). The minimum atomic E-state index is -2.12. The number of pyridine rings is 1. The lowest BCUT2D eigenvalue weighted by molar-refractivity contribution is -0.120. The molecule has 0 fully saturated rings. The Morgan fingerprint density at radius 1 is 0.864 bits per heavy atom. The highest BCUT2D eigenvalue weighted by atomic mass is 35.5. The monoisotopic (exact) mass is 649 g/mol. The second kappa shape index (κ2) is 12.7. The van der Waals surface area contributed by atoms with Crippen LogP contribution in [0.4, 0.5) is 0 Å². The van der Waals surface area contributed by atoms with Crippen LogP contribution in [0.1, 0.15) is 52.8 Å². The summed E-state index contributed by atoms with van der Waals surface area (Å²) in [5, 5.41) is 3.83. The number of carbonyl (C=O) groups is 1. The van der Waals surface area contributed by atoms with Crippen LogP contribution in [0.25, 0.3) is 16.9 Å². The van der Waals surface area contributed by atoms with Crippen molar-refractivity contribution in [3.05, 3.63) is 83.1 Å². The number of aromatic nitrogens is 2. The Balaban J connectivity index is 1.52. The molecule has 0 aliphatic carbocycles. The summed E-state index contributed by atoms with van der Waals surface area (Å²) in [6, 6.07) is 19.9. The minimum Gasteiger partial charge on any atom is -0.541 e. The van der Waals surface area contributed by atoms with E-state index in [4.69, 9.17) is 25.4 Å². The molecule has 2 heterocycles. The van der Waals surface area contributed by atoms with Crippen LogP contribution in [0.15, 0.2) is 66.9 Å². The maximum absolute atomic E-state index is 13.3.